The SMILES string of the molecule is CNC(=O)COC(=O)c1c2c(nc3ccccc13)/C(=C\c1ccc(OC)cc1)CCC2. The van der Waals surface area contributed by atoms with Crippen molar-refractivity contribution in [1.29, 1.82) is 0 Å². The topological polar surface area (TPSA) is 77.5 Å². The predicted octanol–water partition coefficient (Wildman–Crippen LogP) is 4.02. The fourth-order valence-electron chi connectivity index (χ4n) is 3.88. The molecule has 1 heterocycles. The van der Waals surface area contributed by atoms with Gasteiger partial charge in [0.15, 0.2) is 6.61 Å². The number of fused-ring (bicyclic) bond motifs is 2. The summed E-state index contributed by atoms with van der Waals surface area (Å²) in [7, 11) is 3.15. The molecule has 2 aromatic carbocycles. The van der Waals surface area contributed by atoms with E-state index < -0.39 is 5.97 Å². The Hall–Kier alpha value is -3.67. The fraction of sp³-hybridized carbons (Fsp3) is 0.240. The first-order valence-corrected chi connectivity index (χ1v) is 10.2. The summed E-state index contributed by atoms with van der Waals surface area (Å²) >= 11 is 0. The summed E-state index contributed by atoms with van der Waals surface area (Å²) in [5.74, 6) is -0.0405. The Balaban J connectivity index is 1.81. The zero-order valence-electron chi connectivity index (χ0n) is 17.6. The van der Waals surface area contributed by atoms with Gasteiger partial charge in [0.25, 0.3) is 5.91 Å². The number of methoxy groups -OCH3 is 1. The van der Waals surface area contributed by atoms with Crippen molar-refractivity contribution < 1.29 is 19.1 Å². The number of ether oxygens (including phenoxy) is 2. The second-order valence-corrected chi connectivity index (χ2v) is 7.38. The average molecular weight is 416 g/mol. The lowest BCUT2D eigenvalue weighted by Crippen LogP contribution is -2.26. The zero-order chi connectivity index (χ0) is 21.8. The zero-order valence-corrected chi connectivity index (χ0v) is 17.6. The van der Waals surface area contributed by atoms with Crippen LogP contribution in [0.15, 0.2) is 48.5 Å². The van der Waals surface area contributed by atoms with Crippen molar-refractivity contribution in [2.24, 2.45) is 0 Å². The summed E-state index contributed by atoms with van der Waals surface area (Å²) in [6.07, 6.45) is 4.62. The van der Waals surface area contributed by atoms with Crippen LogP contribution >= 0.6 is 0 Å². The molecule has 0 atom stereocenters. The number of carbonyl (C=O) groups excluding carboxylic acids is 2. The van der Waals surface area contributed by atoms with E-state index in [-0.39, 0.29) is 12.5 Å². The molecule has 1 aliphatic carbocycles. The van der Waals surface area contributed by atoms with E-state index in [1.54, 1.807) is 7.11 Å². The summed E-state index contributed by atoms with van der Waals surface area (Å²) in [5.41, 5.74) is 5.07. The number of carbonyl (C=O) groups is 2. The third-order valence-electron chi connectivity index (χ3n) is 5.44. The molecule has 0 saturated heterocycles. The molecule has 0 fully saturated rings. The van der Waals surface area contributed by atoms with Crippen molar-refractivity contribution in [1.82, 2.24) is 10.3 Å². The van der Waals surface area contributed by atoms with Gasteiger partial charge in [-0.1, -0.05) is 30.3 Å². The van der Waals surface area contributed by atoms with Crippen LogP contribution in [0.2, 0.25) is 0 Å². The number of hydrogen-bond acceptors (Lipinski definition) is 5. The molecule has 4 rings (SSSR count). The highest BCUT2D eigenvalue weighted by Gasteiger charge is 2.26. The summed E-state index contributed by atoms with van der Waals surface area (Å²) < 4.78 is 10.6. The minimum Gasteiger partial charge on any atom is -0.497 e. The largest absolute Gasteiger partial charge is 0.497 e. The number of esters is 1. The van der Waals surface area contributed by atoms with E-state index in [0.717, 1.165) is 58.3 Å². The minimum absolute atomic E-state index is 0.310. The number of amides is 1. The molecule has 158 valence electrons. The van der Waals surface area contributed by atoms with E-state index in [1.165, 1.54) is 7.05 Å². The molecule has 31 heavy (non-hydrogen) atoms. The van der Waals surface area contributed by atoms with Gasteiger partial charge >= 0.3 is 5.97 Å². The molecule has 0 bridgehead atoms. The van der Waals surface area contributed by atoms with Crippen molar-refractivity contribution in [3.05, 3.63) is 70.9 Å². The highest BCUT2D eigenvalue weighted by atomic mass is 16.5. The van der Waals surface area contributed by atoms with Crippen LogP contribution < -0.4 is 10.1 Å². The van der Waals surface area contributed by atoms with Gasteiger partial charge in [0.2, 0.25) is 0 Å². The smallest absolute Gasteiger partial charge is 0.339 e. The Labute approximate surface area is 180 Å². The van der Waals surface area contributed by atoms with Gasteiger partial charge in [-0.25, -0.2) is 9.78 Å². The molecule has 6 heteroatoms. The summed E-state index contributed by atoms with van der Waals surface area (Å²) in [6, 6.07) is 15.4. The number of rotatable bonds is 5. The molecule has 6 nitrogen and oxygen atoms in total. The van der Waals surface area contributed by atoms with Crippen LogP contribution in [0, 0.1) is 0 Å². The van der Waals surface area contributed by atoms with Gasteiger partial charge in [0, 0.05) is 12.4 Å². The number of nitrogens with zero attached hydrogens (tertiary/aromatic N) is 1. The van der Waals surface area contributed by atoms with Gasteiger partial charge < -0.3 is 14.8 Å². The lowest BCUT2D eigenvalue weighted by Gasteiger charge is -2.22. The second-order valence-electron chi connectivity index (χ2n) is 7.38. The first-order valence-electron chi connectivity index (χ1n) is 10.2. The molecule has 0 aliphatic heterocycles. The van der Waals surface area contributed by atoms with Gasteiger partial charge in [0.05, 0.1) is 23.9 Å². The van der Waals surface area contributed by atoms with Gasteiger partial charge in [-0.05, 0) is 60.2 Å². The molecule has 0 unspecified atom stereocenters. The standard InChI is InChI=1S/C25H24N2O4/c1-26-22(28)15-31-25(29)23-19-7-3-4-9-21(19)27-24-17(6-5-8-20(23)24)14-16-10-12-18(30-2)13-11-16/h3-4,7,9-14H,5-6,8,15H2,1-2H3,(H,26,28)/b17-14-. The van der Waals surface area contributed by atoms with Crippen molar-refractivity contribution in [2.75, 3.05) is 20.8 Å². The third kappa shape index (κ3) is 4.28. The van der Waals surface area contributed by atoms with Crippen LogP contribution in [0.25, 0.3) is 22.6 Å². The van der Waals surface area contributed by atoms with Crippen molar-refractivity contribution in [3.8, 4) is 5.75 Å². The summed E-state index contributed by atoms with van der Waals surface area (Å²) in [6.45, 7) is -0.310. The van der Waals surface area contributed by atoms with Gasteiger partial charge in [-0.3, -0.25) is 4.79 Å². The number of nitrogens with one attached hydrogen (secondary N) is 1. The van der Waals surface area contributed by atoms with Crippen molar-refractivity contribution >= 4 is 34.4 Å². The lowest BCUT2D eigenvalue weighted by molar-refractivity contribution is -0.123. The van der Waals surface area contributed by atoms with E-state index in [4.69, 9.17) is 14.5 Å². The van der Waals surface area contributed by atoms with Crippen LogP contribution in [-0.2, 0) is 16.0 Å². The van der Waals surface area contributed by atoms with E-state index in [2.05, 4.69) is 11.4 Å². The van der Waals surface area contributed by atoms with E-state index in [1.807, 2.05) is 48.5 Å². The lowest BCUT2D eigenvalue weighted by atomic mass is 9.86. The Morgan fingerprint density at radius 2 is 1.87 bits per heavy atom. The van der Waals surface area contributed by atoms with Crippen LogP contribution in [0.3, 0.4) is 0 Å². The predicted molar refractivity (Wildman–Crippen MR) is 120 cm³/mol. The highest BCUT2D eigenvalue weighted by Crippen LogP contribution is 2.36. The quantitative estimate of drug-likeness (QED) is 0.636. The minimum atomic E-state index is -0.496. The van der Waals surface area contributed by atoms with Crippen LogP contribution in [0.5, 0.6) is 5.75 Å². The summed E-state index contributed by atoms with van der Waals surface area (Å²) in [5, 5.41) is 3.21. The fourth-order valence-corrected chi connectivity index (χ4v) is 3.88. The molecule has 3 aromatic rings. The number of benzene rings is 2. The maximum Gasteiger partial charge on any atom is 0.339 e. The molecular formula is C25H24N2O4. The van der Waals surface area contributed by atoms with E-state index >= 15 is 0 Å². The van der Waals surface area contributed by atoms with Crippen molar-refractivity contribution in [2.45, 2.75) is 19.3 Å². The van der Waals surface area contributed by atoms with Crippen LogP contribution in [-0.4, -0.2) is 37.6 Å². The number of aromatic nitrogens is 1. The number of likely N-dealkylation sites (N-methyl/N-ethyl adjacent to an activating group) is 1. The monoisotopic (exact) mass is 416 g/mol. The van der Waals surface area contributed by atoms with Gasteiger partial charge in [-0.15, -0.1) is 0 Å². The molecular weight excluding hydrogens is 392 g/mol. The maximum atomic E-state index is 13.0. The highest BCUT2D eigenvalue weighted by molar-refractivity contribution is 6.07. The molecule has 1 aliphatic rings. The Kier molecular flexibility index (Phi) is 5.98. The number of pyridine rings is 1. The molecule has 0 radical (unpaired) electrons. The van der Waals surface area contributed by atoms with Crippen LogP contribution in [0.1, 0.15) is 40.0 Å². The first kappa shape index (κ1) is 20.6. The molecule has 1 aromatic heterocycles. The molecule has 1 N–H and O–H groups in total. The Morgan fingerprint density at radius 1 is 1.10 bits per heavy atom. The van der Waals surface area contributed by atoms with Gasteiger partial charge in [0.1, 0.15) is 5.75 Å². The number of para-hydroxylation sites is 1. The number of allylic oxidation sites excluding steroid dienone is 1. The Bertz CT molecular complexity index is 1170. The maximum absolute atomic E-state index is 13.0. The third-order valence-corrected chi connectivity index (χ3v) is 5.44. The number of hydrogen-bond donors (Lipinski definition) is 1. The first-order chi connectivity index (χ1) is 15.1. The molecule has 1 amide bonds. The van der Waals surface area contributed by atoms with E-state index in [9.17, 15) is 9.59 Å². The van der Waals surface area contributed by atoms with Crippen LogP contribution in [0.4, 0.5) is 0 Å². The molecule has 0 saturated carbocycles. The average Bonchev–Trinajstić information content (AvgIpc) is 2.81. The molecule has 0 spiro atoms. The van der Waals surface area contributed by atoms with Crippen molar-refractivity contribution in [3.63, 3.8) is 0 Å². The Morgan fingerprint density at radius 3 is 2.61 bits per heavy atom. The summed E-state index contributed by atoms with van der Waals surface area (Å²) in [4.78, 5) is 29.5. The van der Waals surface area contributed by atoms with E-state index in [0.29, 0.717) is 5.56 Å². The second kappa shape index (κ2) is 9.00. The van der Waals surface area contributed by atoms with Gasteiger partial charge in [-0.2, -0.15) is 0 Å². The normalized spacial score (nSPS) is 14.2.